The predicted molar refractivity (Wildman–Crippen MR) is 80.3 cm³/mol. The van der Waals surface area contributed by atoms with E-state index in [1.165, 1.54) is 5.56 Å². The first-order chi connectivity index (χ1) is 9.58. The molecule has 2 heterocycles. The summed E-state index contributed by atoms with van der Waals surface area (Å²) in [5, 5.41) is 3.42. The zero-order valence-electron chi connectivity index (χ0n) is 12.3. The second-order valence-electron chi connectivity index (χ2n) is 5.71. The van der Waals surface area contributed by atoms with E-state index in [2.05, 4.69) is 35.1 Å². The van der Waals surface area contributed by atoms with Crippen molar-refractivity contribution in [1.82, 2.24) is 10.3 Å². The van der Waals surface area contributed by atoms with E-state index in [0.29, 0.717) is 12.6 Å². The Balaban J connectivity index is 2.12. The standard InChI is InChI=1S/C15H24N4O/c1-11(2)18-9-12-5-3-7-17-15(12)19-8-4-6-13(10-19)14(16)20/h3,5,7,11,13,18H,4,6,8-10H2,1-2H3,(H2,16,20). The first-order valence-corrected chi connectivity index (χ1v) is 7.29. The largest absolute Gasteiger partial charge is 0.369 e. The summed E-state index contributed by atoms with van der Waals surface area (Å²) in [6.45, 7) is 6.66. The van der Waals surface area contributed by atoms with E-state index in [1.807, 2.05) is 12.3 Å². The summed E-state index contributed by atoms with van der Waals surface area (Å²) < 4.78 is 0. The molecule has 110 valence electrons. The van der Waals surface area contributed by atoms with Crippen LogP contribution in [0.5, 0.6) is 0 Å². The van der Waals surface area contributed by atoms with E-state index in [4.69, 9.17) is 5.73 Å². The van der Waals surface area contributed by atoms with Crippen molar-refractivity contribution in [1.29, 1.82) is 0 Å². The number of rotatable bonds is 5. The molecule has 1 aromatic rings. The van der Waals surface area contributed by atoms with Gasteiger partial charge in [-0.15, -0.1) is 0 Å². The highest BCUT2D eigenvalue weighted by Crippen LogP contribution is 2.24. The number of hydrogen-bond donors (Lipinski definition) is 2. The van der Waals surface area contributed by atoms with Gasteiger partial charge in [-0.05, 0) is 18.9 Å². The summed E-state index contributed by atoms with van der Waals surface area (Å²) >= 11 is 0. The number of primary amides is 1. The van der Waals surface area contributed by atoms with Crippen molar-refractivity contribution in [3.63, 3.8) is 0 Å². The highest BCUT2D eigenvalue weighted by Gasteiger charge is 2.25. The van der Waals surface area contributed by atoms with Gasteiger partial charge in [0.25, 0.3) is 0 Å². The number of pyridine rings is 1. The molecule has 1 aliphatic rings. The van der Waals surface area contributed by atoms with Crippen LogP contribution in [0, 0.1) is 5.92 Å². The summed E-state index contributed by atoms with van der Waals surface area (Å²) in [5.41, 5.74) is 6.62. The molecule has 1 fully saturated rings. The molecule has 1 atom stereocenters. The topological polar surface area (TPSA) is 71.2 Å². The van der Waals surface area contributed by atoms with Gasteiger partial charge < -0.3 is 16.0 Å². The number of carbonyl (C=O) groups excluding carboxylic acids is 1. The van der Waals surface area contributed by atoms with E-state index in [9.17, 15) is 4.79 Å². The van der Waals surface area contributed by atoms with Gasteiger partial charge in [-0.25, -0.2) is 4.98 Å². The summed E-state index contributed by atoms with van der Waals surface area (Å²) in [6.07, 6.45) is 3.68. The minimum Gasteiger partial charge on any atom is -0.369 e. The van der Waals surface area contributed by atoms with Gasteiger partial charge in [0.05, 0.1) is 5.92 Å². The molecule has 1 saturated heterocycles. The quantitative estimate of drug-likeness (QED) is 0.850. The number of hydrogen-bond acceptors (Lipinski definition) is 4. The lowest BCUT2D eigenvalue weighted by Crippen LogP contribution is -2.42. The molecule has 2 rings (SSSR count). The molecular weight excluding hydrogens is 252 g/mol. The van der Waals surface area contributed by atoms with E-state index >= 15 is 0 Å². The Morgan fingerprint density at radius 3 is 3.10 bits per heavy atom. The third-order valence-electron chi connectivity index (χ3n) is 3.69. The summed E-state index contributed by atoms with van der Waals surface area (Å²) in [4.78, 5) is 18.1. The number of anilines is 1. The number of piperidine rings is 1. The van der Waals surface area contributed by atoms with Crippen LogP contribution in [0.4, 0.5) is 5.82 Å². The highest BCUT2D eigenvalue weighted by molar-refractivity contribution is 5.77. The molecule has 1 unspecified atom stereocenters. The third kappa shape index (κ3) is 3.70. The van der Waals surface area contributed by atoms with Crippen LogP contribution in [0.1, 0.15) is 32.3 Å². The number of amides is 1. The van der Waals surface area contributed by atoms with Crippen LogP contribution in [0.3, 0.4) is 0 Å². The van der Waals surface area contributed by atoms with Crippen LogP contribution < -0.4 is 16.0 Å². The van der Waals surface area contributed by atoms with Gasteiger partial charge in [-0.3, -0.25) is 4.79 Å². The molecule has 0 aliphatic carbocycles. The minimum absolute atomic E-state index is 0.0586. The molecule has 0 bridgehead atoms. The molecule has 5 nitrogen and oxygen atoms in total. The normalized spacial score (nSPS) is 19.4. The Bertz CT molecular complexity index is 461. The Labute approximate surface area is 120 Å². The fraction of sp³-hybridized carbons (Fsp3) is 0.600. The van der Waals surface area contributed by atoms with Gasteiger partial charge in [0, 0.05) is 37.4 Å². The first-order valence-electron chi connectivity index (χ1n) is 7.29. The fourth-order valence-electron chi connectivity index (χ4n) is 2.57. The third-order valence-corrected chi connectivity index (χ3v) is 3.69. The van der Waals surface area contributed by atoms with Crippen LogP contribution >= 0.6 is 0 Å². The molecule has 1 aliphatic heterocycles. The number of nitrogens with two attached hydrogens (primary N) is 1. The van der Waals surface area contributed by atoms with Crippen LogP contribution in [0.2, 0.25) is 0 Å². The van der Waals surface area contributed by atoms with Gasteiger partial charge in [-0.1, -0.05) is 19.9 Å². The lowest BCUT2D eigenvalue weighted by atomic mass is 9.97. The van der Waals surface area contributed by atoms with Crippen LogP contribution in [-0.2, 0) is 11.3 Å². The maximum Gasteiger partial charge on any atom is 0.222 e. The molecule has 1 amide bonds. The summed E-state index contributed by atoms with van der Waals surface area (Å²) in [6, 6.07) is 4.48. The van der Waals surface area contributed by atoms with Crippen molar-refractivity contribution >= 4 is 11.7 Å². The van der Waals surface area contributed by atoms with Crippen molar-refractivity contribution in [3.8, 4) is 0 Å². The molecular formula is C15H24N4O. The minimum atomic E-state index is -0.201. The van der Waals surface area contributed by atoms with Crippen molar-refractivity contribution in [2.75, 3.05) is 18.0 Å². The van der Waals surface area contributed by atoms with E-state index in [1.54, 1.807) is 0 Å². The smallest absolute Gasteiger partial charge is 0.222 e. The average Bonchev–Trinajstić information content (AvgIpc) is 2.45. The predicted octanol–water partition coefficient (Wildman–Crippen LogP) is 1.28. The Hall–Kier alpha value is -1.62. The van der Waals surface area contributed by atoms with Crippen LogP contribution in [0.25, 0.3) is 0 Å². The number of aromatic nitrogens is 1. The molecule has 3 N–H and O–H groups in total. The van der Waals surface area contributed by atoms with Gasteiger partial charge in [0.2, 0.25) is 5.91 Å². The molecule has 0 radical (unpaired) electrons. The van der Waals surface area contributed by atoms with E-state index < -0.39 is 0 Å². The highest BCUT2D eigenvalue weighted by atomic mass is 16.1. The van der Waals surface area contributed by atoms with Gasteiger partial charge >= 0.3 is 0 Å². The molecule has 0 saturated carbocycles. The molecule has 1 aromatic heterocycles. The van der Waals surface area contributed by atoms with Gasteiger partial charge in [0.1, 0.15) is 5.82 Å². The zero-order valence-corrected chi connectivity index (χ0v) is 12.3. The van der Waals surface area contributed by atoms with Crippen molar-refractivity contribution in [2.45, 2.75) is 39.3 Å². The lowest BCUT2D eigenvalue weighted by Gasteiger charge is -2.33. The van der Waals surface area contributed by atoms with Crippen molar-refractivity contribution in [2.24, 2.45) is 11.7 Å². The fourth-order valence-corrected chi connectivity index (χ4v) is 2.57. The van der Waals surface area contributed by atoms with Gasteiger partial charge in [-0.2, -0.15) is 0 Å². The molecule has 0 aromatic carbocycles. The molecule has 20 heavy (non-hydrogen) atoms. The lowest BCUT2D eigenvalue weighted by molar-refractivity contribution is -0.122. The van der Waals surface area contributed by atoms with E-state index in [0.717, 1.165) is 31.7 Å². The maximum absolute atomic E-state index is 11.4. The van der Waals surface area contributed by atoms with Crippen molar-refractivity contribution < 1.29 is 4.79 Å². The molecule has 0 spiro atoms. The van der Waals surface area contributed by atoms with Crippen LogP contribution in [-0.4, -0.2) is 30.0 Å². The maximum atomic E-state index is 11.4. The SMILES string of the molecule is CC(C)NCc1cccnc1N1CCCC(C(N)=O)C1. The Morgan fingerprint density at radius 1 is 1.60 bits per heavy atom. The number of nitrogens with zero attached hydrogens (tertiary/aromatic N) is 2. The van der Waals surface area contributed by atoms with Crippen molar-refractivity contribution in [3.05, 3.63) is 23.9 Å². The second-order valence-corrected chi connectivity index (χ2v) is 5.71. The van der Waals surface area contributed by atoms with E-state index in [-0.39, 0.29) is 11.8 Å². The Morgan fingerprint density at radius 2 is 2.40 bits per heavy atom. The van der Waals surface area contributed by atoms with Gasteiger partial charge in [0.15, 0.2) is 0 Å². The second kappa shape index (κ2) is 6.70. The first kappa shape index (κ1) is 14.8. The monoisotopic (exact) mass is 276 g/mol. The zero-order chi connectivity index (χ0) is 14.5. The summed E-state index contributed by atoms with van der Waals surface area (Å²) in [5.74, 6) is 0.718. The number of nitrogens with one attached hydrogen (secondary N) is 1. The molecule has 5 heteroatoms. The van der Waals surface area contributed by atoms with Crippen LogP contribution in [0.15, 0.2) is 18.3 Å². The number of carbonyl (C=O) groups is 1. The Kier molecular flexibility index (Phi) is 4.95. The summed E-state index contributed by atoms with van der Waals surface area (Å²) in [7, 11) is 0. The average molecular weight is 276 g/mol.